The predicted octanol–water partition coefficient (Wildman–Crippen LogP) is 0.257. The molecular formula is C14H24N4O2. The normalized spacial score (nSPS) is 22.7. The van der Waals surface area contributed by atoms with Gasteiger partial charge in [-0.15, -0.1) is 0 Å². The number of carbonyl (C=O) groups is 1. The Morgan fingerprint density at radius 1 is 1.60 bits per heavy atom. The molecule has 1 fully saturated rings. The second-order valence-electron chi connectivity index (χ2n) is 5.99. The van der Waals surface area contributed by atoms with E-state index < -0.39 is 5.60 Å². The lowest BCUT2D eigenvalue weighted by molar-refractivity contribution is -0.131. The van der Waals surface area contributed by atoms with Crippen LogP contribution in [0.1, 0.15) is 24.8 Å². The molecule has 6 heteroatoms. The Hall–Kier alpha value is -1.40. The maximum absolute atomic E-state index is 12.1. The molecule has 20 heavy (non-hydrogen) atoms. The molecule has 112 valence electrons. The van der Waals surface area contributed by atoms with Gasteiger partial charge in [-0.25, -0.2) is 0 Å². The highest BCUT2D eigenvalue weighted by Gasteiger charge is 2.38. The van der Waals surface area contributed by atoms with Crippen molar-refractivity contribution >= 4 is 5.91 Å². The van der Waals surface area contributed by atoms with E-state index in [-0.39, 0.29) is 5.91 Å². The topological polar surface area (TPSA) is 72.5 Å². The predicted molar refractivity (Wildman–Crippen MR) is 76.2 cm³/mol. The van der Waals surface area contributed by atoms with Gasteiger partial charge in [0.15, 0.2) is 0 Å². The standard InChI is InChI=1S/C14H24N4O2/c1-17(2)10-14(20)6-7-18(11-14)13(19)5-3-4-12-8-15-16-9-12/h8-9,20H,3-7,10-11H2,1-2H3,(H,15,16)/t14-/m0/s1. The quantitative estimate of drug-likeness (QED) is 0.784. The summed E-state index contributed by atoms with van der Waals surface area (Å²) in [6.45, 7) is 1.72. The number of nitrogens with zero attached hydrogens (tertiary/aromatic N) is 3. The molecule has 2 rings (SSSR count). The summed E-state index contributed by atoms with van der Waals surface area (Å²) < 4.78 is 0. The van der Waals surface area contributed by atoms with E-state index in [9.17, 15) is 9.90 Å². The lowest BCUT2D eigenvalue weighted by Crippen LogP contribution is -2.43. The summed E-state index contributed by atoms with van der Waals surface area (Å²) in [5.74, 6) is 0.142. The van der Waals surface area contributed by atoms with E-state index in [1.165, 1.54) is 0 Å². The smallest absolute Gasteiger partial charge is 0.222 e. The van der Waals surface area contributed by atoms with Crippen molar-refractivity contribution in [1.82, 2.24) is 20.0 Å². The minimum Gasteiger partial charge on any atom is -0.387 e. The SMILES string of the molecule is CN(C)C[C@@]1(O)CCN(C(=O)CCCc2cn[nH]c2)C1. The lowest BCUT2D eigenvalue weighted by atomic mass is 10.0. The third-order valence-corrected chi connectivity index (χ3v) is 3.71. The van der Waals surface area contributed by atoms with Gasteiger partial charge in [0.2, 0.25) is 5.91 Å². The first-order chi connectivity index (χ1) is 9.48. The summed E-state index contributed by atoms with van der Waals surface area (Å²) in [6.07, 6.45) is 6.52. The van der Waals surface area contributed by atoms with Crippen LogP contribution in [-0.4, -0.2) is 70.3 Å². The average molecular weight is 280 g/mol. The largest absolute Gasteiger partial charge is 0.387 e. The van der Waals surface area contributed by atoms with Crippen molar-refractivity contribution in [2.45, 2.75) is 31.3 Å². The van der Waals surface area contributed by atoms with Gasteiger partial charge in [0.1, 0.15) is 0 Å². The third kappa shape index (κ3) is 4.05. The number of likely N-dealkylation sites (tertiary alicyclic amines) is 1. The Kier molecular flexibility index (Phi) is 4.77. The van der Waals surface area contributed by atoms with Gasteiger partial charge in [0, 0.05) is 25.7 Å². The number of aromatic nitrogens is 2. The molecule has 1 saturated heterocycles. The number of aryl methyl sites for hydroxylation is 1. The van der Waals surface area contributed by atoms with Crippen molar-refractivity contribution in [3.63, 3.8) is 0 Å². The number of aliphatic hydroxyl groups is 1. The van der Waals surface area contributed by atoms with Crippen LogP contribution in [0, 0.1) is 0 Å². The van der Waals surface area contributed by atoms with Crippen LogP contribution in [0.4, 0.5) is 0 Å². The van der Waals surface area contributed by atoms with E-state index in [2.05, 4.69) is 10.2 Å². The van der Waals surface area contributed by atoms with Crippen LogP contribution in [0.3, 0.4) is 0 Å². The third-order valence-electron chi connectivity index (χ3n) is 3.71. The first-order valence-electron chi connectivity index (χ1n) is 7.11. The number of hydrogen-bond donors (Lipinski definition) is 2. The number of H-pyrrole nitrogens is 1. The summed E-state index contributed by atoms with van der Waals surface area (Å²) in [7, 11) is 3.88. The molecule has 0 unspecified atom stereocenters. The van der Waals surface area contributed by atoms with Crippen molar-refractivity contribution in [3.05, 3.63) is 18.0 Å². The molecule has 1 aromatic heterocycles. The Bertz CT molecular complexity index is 432. The fourth-order valence-electron chi connectivity index (χ4n) is 2.80. The van der Waals surface area contributed by atoms with Crippen molar-refractivity contribution < 1.29 is 9.90 Å². The van der Waals surface area contributed by atoms with E-state index in [1.807, 2.05) is 25.2 Å². The number of rotatable bonds is 6. The average Bonchev–Trinajstić information content (AvgIpc) is 2.98. The van der Waals surface area contributed by atoms with Gasteiger partial charge in [0.25, 0.3) is 0 Å². The molecule has 1 amide bonds. The zero-order valence-electron chi connectivity index (χ0n) is 12.3. The molecule has 0 spiro atoms. The Morgan fingerprint density at radius 3 is 3.05 bits per heavy atom. The lowest BCUT2D eigenvalue weighted by Gasteiger charge is -2.26. The molecule has 6 nitrogen and oxygen atoms in total. The highest BCUT2D eigenvalue weighted by atomic mass is 16.3. The van der Waals surface area contributed by atoms with Gasteiger partial charge >= 0.3 is 0 Å². The van der Waals surface area contributed by atoms with E-state index >= 15 is 0 Å². The van der Waals surface area contributed by atoms with E-state index in [0.717, 1.165) is 18.4 Å². The van der Waals surface area contributed by atoms with Crippen LogP contribution in [-0.2, 0) is 11.2 Å². The van der Waals surface area contributed by atoms with Gasteiger partial charge in [-0.05, 0) is 38.9 Å². The van der Waals surface area contributed by atoms with Crippen LogP contribution >= 0.6 is 0 Å². The van der Waals surface area contributed by atoms with Crippen LogP contribution in [0.15, 0.2) is 12.4 Å². The Balaban J connectivity index is 1.74. The molecule has 1 atom stereocenters. The maximum Gasteiger partial charge on any atom is 0.222 e. The second kappa shape index (κ2) is 6.37. The molecule has 0 aromatic carbocycles. The van der Waals surface area contributed by atoms with Gasteiger partial charge in [0.05, 0.1) is 18.3 Å². The summed E-state index contributed by atoms with van der Waals surface area (Å²) in [5.41, 5.74) is 0.382. The number of hydrogen-bond acceptors (Lipinski definition) is 4. The van der Waals surface area contributed by atoms with Crippen LogP contribution in [0.25, 0.3) is 0 Å². The Morgan fingerprint density at radius 2 is 2.40 bits per heavy atom. The van der Waals surface area contributed by atoms with Gasteiger partial charge in [-0.1, -0.05) is 0 Å². The number of amides is 1. The summed E-state index contributed by atoms with van der Waals surface area (Å²) >= 11 is 0. The molecule has 0 radical (unpaired) electrons. The molecular weight excluding hydrogens is 256 g/mol. The fraction of sp³-hybridized carbons (Fsp3) is 0.714. The van der Waals surface area contributed by atoms with Crippen LogP contribution in [0.2, 0.25) is 0 Å². The molecule has 1 aliphatic heterocycles. The number of carbonyl (C=O) groups excluding carboxylic acids is 1. The van der Waals surface area contributed by atoms with E-state index in [1.54, 1.807) is 11.1 Å². The second-order valence-corrected chi connectivity index (χ2v) is 5.99. The number of likely N-dealkylation sites (N-methyl/N-ethyl adjacent to an activating group) is 1. The van der Waals surface area contributed by atoms with Gasteiger partial charge < -0.3 is 14.9 Å². The van der Waals surface area contributed by atoms with Gasteiger partial charge in [-0.3, -0.25) is 9.89 Å². The van der Waals surface area contributed by atoms with Crippen LogP contribution < -0.4 is 0 Å². The highest BCUT2D eigenvalue weighted by Crippen LogP contribution is 2.22. The molecule has 2 N–H and O–H groups in total. The molecule has 0 saturated carbocycles. The number of aromatic amines is 1. The summed E-state index contributed by atoms with van der Waals surface area (Å²) in [6, 6.07) is 0. The number of nitrogens with one attached hydrogen (secondary N) is 1. The fourth-order valence-corrected chi connectivity index (χ4v) is 2.80. The molecule has 0 bridgehead atoms. The van der Waals surface area contributed by atoms with Gasteiger partial charge in [-0.2, -0.15) is 5.10 Å². The van der Waals surface area contributed by atoms with E-state index in [4.69, 9.17) is 0 Å². The van der Waals surface area contributed by atoms with Crippen LogP contribution in [0.5, 0.6) is 0 Å². The summed E-state index contributed by atoms with van der Waals surface area (Å²) in [5, 5.41) is 17.1. The summed E-state index contributed by atoms with van der Waals surface area (Å²) in [4.78, 5) is 15.9. The monoisotopic (exact) mass is 280 g/mol. The first-order valence-corrected chi connectivity index (χ1v) is 7.11. The minimum atomic E-state index is -0.746. The molecule has 2 heterocycles. The first kappa shape index (κ1) is 15.0. The molecule has 0 aliphatic carbocycles. The molecule has 1 aliphatic rings. The zero-order valence-corrected chi connectivity index (χ0v) is 12.3. The number of β-amino-alcohol motifs (C(OH)–C–C–N with tert-alkyl or cyclic N) is 1. The van der Waals surface area contributed by atoms with Crippen molar-refractivity contribution in [3.8, 4) is 0 Å². The Labute approximate surface area is 119 Å². The van der Waals surface area contributed by atoms with Crippen molar-refractivity contribution in [1.29, 1.82) is 0 Å². The molecule has 1 aromatic rings. The zero-order chi connectivity index (χ0) is 14.6. The van der Waals surface area contributed by atoms with Crippen molar-refractivity contribution in [2.75, 3.05) is 33.7 Å². The highest BCUT2D eigenvalue weighted by molar-refractivity contribution is 5.76. The van der Waals surface area contributed by atoms with Crippen molar-refractivity contribution in [2.24, 2.45) is 0 Å². The maximum atomic E-state index is 12.1. The minimum absolute atomic E-state index is 0.142. The van der Waals surface area contributed by atoms with E-state index in [0.29, 0.717) is 32.5 Å².